The molecule has 0 spiro atoms. The molecule has 0 aliphatic carbocycles. The van der Waals surface area contributed by atoms with Crippen molar-refractivity contribution in [2.45, 2.75) is 18.7 Å². The lowest BCUT2D eigenvalue weighted by atomic mass is 9.99. The molecule has 0 unspecified atom stereocenters. The van der Waals surface area contributed by atoms with Crippen molar-refractivity contribution in [2.75, 3.05) is 0 Å². The standard InChI is InChI=1S/C23H17NS/c1-17-3-5-19(6-4-17)7-8-20-9-11-21(12-10-20)23-14-13-22(25-16-24)15-18(23)2/h3-6,9-15H,1-2H3. The first-order valence-corrected chi connectivity index (χ1v) is 8.83. The number of nitriles is 1. The second-order valence-corrected chi connectivity index (χ2v) is 6.72. The molecule has 120 valence electrons. The van der Waals surface area contributed by atoms with Gasteiger partial charge in [-0.3, -0.25) is 0 Å². The summed E-state index contributed by atoms with van der Waals surface area (Å²) in [6, 6.07) is 22.6. The predicted octanol–water partition coefficient (Wildman–Crippen LogP) is 5.94. The van der Waals surface area contributed by atoms with Crippen LogP contribution in [0.3, 0.4) is 0 Å². The maximum absolute atomic E-state index is 8.77. The summed E-state index contributed by atoms with van der Waals surface area (Å²) in [5.41, 5.74) is 6.77. The van der Waals surface area contributed by atoms with Crippen LogP contribution in [-0.4, -0.2) is 0 Å². The molecule has 0 bridgehead atoms. The molecule has 0 saturated heterocycles. The Morgan fingerprint density at radius 3 is 1.92 bits per heavy atom. The molecule has 0 amide bonds. The highest BCUT2D eigenvalue weighted by Crippen LogP contribution is 2.27. The van der Waals surface area contributed by atoms with Crippen molar-refractivity contribution in [1.82, 2.24) is 0 Å². The molecule has 25 heavy (non-hydrogen) atoms. The molecule has 0 aliphatic rings. The van der Waals surface area contributed by atoms with Crippen LogP contribution >= 0.6 is 11.8 Å². The van der Waals surface area contributed by atoms with Gasteiger partial charge in [0.25, 0.3) is 0 Å². The minimum absolute atomic E-state index is 0.976. The van der Waals surface area contributed by atoms with E-state index in [4.69, 9.17) is 5.26 Å². The van der Waals surface area contributed by atoms with E-state index in [2.05, 4.69) is 61.4 Å². The summed E-state index contributed by atoms with van der Waals surface area (Å²) in [5, 5.41) is 10.9. The molecular formula is C23H17NS. The van der Waals surface area contributed by atoms with Gasteiger partial charge < -0.3 is 0 Å². The normalized spacial score (nSPS) is 9.80. The van der Waals surface area contributed by atoms with Crippen LogP contribution in [0.4, 0.5) is 0 Å². The van der Waals surface area contributed by atoms with Crippen LogP contribution in [-0.2, 0) is 0 Å². The van der Waals surface area contributed by atoms with Gasteiger partial charge >= 0.3 is 0 Å². The zero-order valence-electron chi connectivity index (χ0n) is 14.2. The van der Waals surface area contributed by atoms with E-state index < -0.39 is 0 Å². The summed E-state index contributed by atoms with van der Waals surface area (Å²) in [7, 11) is 0. The van der Waals surface area contributed by atoms with Crippen LogP contribution in [0.25, 0.3) is 11.1 Å². The van der Waals surface area contributed by atoms with Crippen LogP contribution in [0.15, 0.2) is 71.6 Å². The third kappa shape index (κ3) is 4.32. The van der Waals surface area contributed by atoms with Crippen molar-refractivity contribution in [3.8, 4) is 28.4 Å². The molecule has 0 atom stereocenters. The molecule has 0 fully saturated rings. The lowest BCUT2D eigenvalue weighted by Crippen LogP contribution is -1.85. The number of thiocyanates is 1. The molecule has 2 heteroatoms. The van der Waals surface area contributed by atoms with Gasteiger partial charge in [0.1, 0.15) is 5.40 Å². The Labute approximate surface area is 153 Å². The van der Waals surface area contributed by atoms with Gasteiger partial charge in [-0.15, -0.1) is 0 Å². The van der Waals surface area contributed by atoms with E-state index in [-0.39, 0.29) is 0 Å². The molecule has 0 aliphatic heterocycles. The van der Waals surface area contributed by atoms with Crippen molar-refractivity contribution in [2.24, 2.45) is 0 Å². The number of hydrogen-bond donors (Lipinski definition) is 0. The predicted molar refractivity (Wildman–Crippen MR) is 105 cm³/mol. The summed E-state index contributed by atoms with van der Waals surface area (Å²) < 4.78 is 0. The third-order valence-corrected chi connectivity index (χ3v) is 4.54. The fourth-order valence-electron chi connectivity index (χ4n) is 2.59. The highest BCUT2D eigenvalue weighted by Gasteiger charge is 2.03. The molecule has 0 heterocycles. The Bertz CT molecular complexity index is 981. The number of aryl methyl sites for hydroxylation is 2. The van der Waals surface area contributed by atoms with Crippen molar-refractivity contribution >= 4 is 11.8 Å². The van der Waals surface area contributed by atoms with E-state index in [1.807, 2.05) is 36.4 Å². The van der Waals surface area contributed by atoms with Gasteiger partial charge in [0.15, 0.2) is 0 Å². The van der Waals surface area contributed by atoms with E-state index in [0.29, 0.717) is 0 Å². The van der Waals surface area contributed by atoms with Gasteiger partial charge in [0.2, 0.25) is 0 Å². The highest BCUT2D eigenvalue weighted by atomic mass is 32.2. The van der Waals surface area contributed by atoms with Crippen molar-refractivity contribution in [1.29, 1.82) is 5.26 Å². The Morgan fingerprint density at radius 2 is 1.36 bits per heavy atom. The van der Waals surface area contributed by atoms with E-state index in [1.54, 1.807) is 0 Å². The molecule has 0 N–H and O–H groups in total. The first kappa shape index (κ1) is 16.9. The van der Waals surface area contributed by atoms with E-state index in [1.165, 1.54) is 28.5 Å². The van der Waals surface area contributed by atoms with Crippen LogP contribution in [0.2, 0.25) is 0 Å². The minimum atomic E-state index is 0.976. The van der Waals surface area contributed by atoms with Crippen molar-refractivity contribution < 1.29 is 0 Å². The van der Waals surface area contributed by atoms with Crippen LogP contribution < -0.4 is 0 Å². The minimum Gasteiger partial charge on any atom is -0.185 e. The topological polar surface area (TPSA) is 23.8 Å². The van der Waals surface area contributed by atoms with Gasteiger partial charge in [-0.1, -0.05) is 47.7 Å². The van der Waals surface area contributed by atoms with Crippen molar-refractivity contribution in [3.05, 3.63) is 89.0 Å². The Hall–Kier alpha value is -2.94. The van der Waals surface area contributed by atoms with Gasteiger partial charge in [0, 0.05) is 16.0 Å². The number of rotatable bonds is 2. The third-order valence-electron chi connectivity index (χ3n) is 3.96. The second-order valence-electron chi connectivity index (χ2n) is 5.86. The summed E-state index contributed by atoms with van der Waals surface area (Å²) in [6.45, 7) is 4.14. The van der Waals surface area contributed by atoms with Gasteiger partial charge in [-0.05, 0) is 78.7 Å². The zero-order chi connectivity index (χ0) is 17.6. The number of benzene rings is 3. The van der Waals surface area contributed by atoms with Crippen molar-refractivity contribution in [3.63, 3.8) is 0 Å². The first-order valence-electron chi connectivity index (χ1n) is 8.01. The zero-order valence-corrected chi connectivity index (χ0v) is 15.0. The Kier molecular flexibility index (Phi) is 5.24. The van der Waals surface area contributed by atoms with E-state index in [0.717, 1.165) is 21.6 Å². The fourth-order valence-corrected chi connectivity index (χ4v) is 3.07. The molecule has 0 radical (unpaired) electrons. The molecule has 0 aromatic heterocycles. The molecule has 1 nitrogen and oxygen atoms in total. The number of thioether (sulfide) groups is 1. The van der Waals surface area contributed by atoms with Gasteiger partial charge in [-0.2, -0.15) is 5.26 Å². The summed E-state index contributed by atoms with van der Waals surface area (Å²) in [5.74, 6) is 6.41. The monoisotopic (exact) mass is 339 g/mol. The van der Waals surface area contributed by atoms with Gasteiger partial charge in [0.05, 0.1) is 0 Å². The van der Waals surface area contributed by atoms with Gasteiger partial charge in [-0.25, -0.2) is 0 Å². The molecule has 0 saturated carbocycles. The SMILES string of the molecule is Cc1ccc(C#Cc2ccc(-c3ccc(SC#N)cc3C)cc2)cc1. The summed E-state index contributed by atoms with van der Waals surface area (Å²) >= 11 is 1.19. The van der Waals surface area contributed by atoms with Crippen LogP contribution in [0.1, 0.15) is 22.3 Å². The lowest BCUT2D eigenvalue weighted by Gasteiger charge is -2.07. The fraction of sp³-hybridized carbons (Fsp3) is 0.0870. The number of hydrogen-bond acceptors (Lipinski definition) is 2. The average molecular weight is 339 g/mol. The van der Waals surface area contributed by atoms with E-state index in [9.17, 15) is 0 Å². The summed E-state index contributed by atoms with van der Waals surface area (Å²) in [4.78, 5) is 0.976. The Balaban J connectivity index is 1.81. The quantitative estimate of drug-likeness (QED) is 0.327. The second kappa shape index (κ2) is 7.75. The van der Waals surface area contributed by atoms with E-state index >= 15 is 0 Å². The molecular weight excluding hydrogens is 322 g/mol. The molecule has 3 aromatic carbocycles. The smallest absolute Gasteiger partial charge is 0.138 e. The maximum Gasteiger partial charge on any atom is 0.138 e. The average Bonchev–Trinajstić information content (AvgIpc) is 2.62. The number of nitrogens with zero attached hydrogens (tertiary/aromatic N) is 1. The highest BCUT2D eigenvalue weighted by molar-refractivity contribution is 8.03. The lowest BCUT2D eigenvalue weighted by molar-refractivity contribution is 1.36. The summed E-state index contributed by atoms with van der Waals surface area (Å²) in [6.07, 6.45) is 0. The Morgan fingerprint density at radius 1 is 0.760 bits per heavy atom. The van der Waals surface area contributed by atoms with Crippen LogP contribution in [0, 0.1) is 36.4 Å². The molecule has 3 aromatic rings. The van der Waals surface area contributed by atoms with Crippen LogP contribution in [0.5, 0.6) is 0 Å². The maximum atomic E-state index is 8.77. The molecule has 3 rings (SSSR count). The first-order chi connectivity index (χ1) is 12.2. The largest absolute Gasteiger partial charge is 0.185 e.